The van der Waals surface area contributed by atoms with Crippen LogP contribution in [0.3, 0.4) is 0 Å². The molecular formula is C13H11ClN4. The summed E-state index contributed by atoms with van der Waals surface area (Å²) in [6.45, 7) is 1.96. The SMILES string of the molecule is Cc1nc2cnccn2c1Nc1cccc(Cl)c1. The standard InChI is InChI=1S/C13H11ClN4/c1-9-13(17-11-4-2-3-10(14)7-11)18-6-5-15-8-12(18)16-9/h2-8,17H,1H3. The van der Waals surface area contributed by atoms with Crippen LogP contribution in [0.2, 0.25) is 5.02 Å². The minimum absolute atomic E-state index is 0.702. The lowest BCUT2D eigenvalue weighted by molar-refractivity contribution is 1.13. The molecule has 0 spiro atoms. The number of nitrogens with zero attached hydrogens (tertiary/aromatic N) is 3. The van der Waals surface area contributed by atoms with Gasteiger partial charge >= 0.3 is 0 Å². The van der Waals surface area contributed by atoms with E-state index in [1.807, 2.05) is 41.8 Å². The number of nitrogens with one attached hydrogen (secondary N) is 1. The number of benzene rings is 1. The first-order valence-corrected chi connectivity index (χ1v) is 5.93. The Kier molecular flexibility index (Phi) is 2.64. The van der Waals surface area contributed by atoms with E-state index in [9.17, 15) is 0 Å². The second kappa shape index (κ2) is 4.31. The van der Waals surface area contributed by atoms with Gasteiger partial charge in [0.25, 0.3) is 0 Å². The number of imidazole rings is 1. The summed E-state index contributed by atoms with van der Waals surface area (Å²) in [5, 5.41) is 4.03. The Balaban J connectivity index is 2.07. The lowest BCUT2D eigenvalue weighted by Crippen LogP contribution is -1.96. The van der Waals surface area contributed by atoms with Crippen LogP contribution in [0.4, 0.5) is 11.5 Å². The number of fused-ring (bicyclic) bond motifs is 1. The van der Waals surface area contributed by atoms with Crippen molar-refractivity contribution in [2.45, 2.75) is 6.92 Å². The molecule has 0 radical (unpaired) electrons. The van der Waals surface area contributed by atoms with Crippen LogP contribution >= 0.6 is 11.6 Å². The van der Waals surface area contributed by atoms with Crippen molar-refractivity contribution in [2.24, 2.45) is 0 Å². The summed E-state index contributed by atoms with van der Waals surface area (Å²) in [4.78, 5) is 8.49. The van der Waals surface area contributed by atoms with E-state index in [2.05, 4.69) is 15.3 Å². The van der Waals surface area contributed by atoms with Crippen molar-refractivity contribution < 1.29 is 0 Å². The normalized spacial score (nSPS) is 10.8. The Hall–Kier alpha value is -2.07. The number of aromatic nitrogens is 3. The van der Waals surface area contributed by atoms with Crippen molar-refractivity contribution in [1.82, 2.24) is 14.4 Å². The fourth-order valence-electron chi connectivity index (χ4n) is 1.88. The molecule has 90 valence electrons. The number of rotatable bonds is 2. The number of halogens is 1. The fourth-order valence-corrected chi connectivity index (χ4v) is 2.07. The van der Waals surface area contributed by atoms with Gasteiger partial charge in [0, 0.05) is 23.1 Å². The molecule has 3 rings (SSSR count). The fraction of sp³-hybridized carbons (Fsp3) is 0.0769. The molecule has 2 heterocycles. The van der Waals surface area contributed by atoms with Gasteiger partial charge in [-0.1, -0.05) is 17.7 Å². The van der Waals surface area contributed by atoms with Crippen LogP contribution in [0.5, 0.6) is 0 Å². The van der Waals surface area contributed by atoms with Crippen molar-refractivity contribution in [3.05, 3.63) is 53.6 Å². The summed E-state index contributed by atoms with van der Waals surface area (Å²) in [6, 6.07) is 7.59. The van der Waals surface area contributed by atoms with Gasteiger partial charge in [0.15, 0.2) is 5.65 Å². The molecule has 0 aliphatic rings. The van der Waals surface area contributed by atoms with Crippen molar-refractivity contribution in [3.8, 4) is 0 Å². The van der Waals surface area contributed by atoms with Gasteiger partial charge in [0.1, 0.15) is 5.82 Å². The molecule has 0 bridgehead atoms. The lowest BCUT2D eigenvalue weighted by Gasteiger charge is -2.07. The Morgan fingerprint density at radius 2 is 2.22 bits per heavy atom. The third-order valence-electron chi connectivity index (χ3n) is 2.69. The predicted octanol–water partition coefficient (Wildman–Crippen LogP) is 3.43. The average Bonchev–Trinajstić information content (AvgIpc) is 2.66. The van der Waals surface area contributed by atoms with Crippen molar-refractivity contribution >= 4 is 28.8 Å². The molecule has 1 aromatic carbocycles. The van der Waals surface area contributed by atoms with E-state index in [1.165, 1.54) is 0 Å². The Morgan fingerprint density at radius 3 is 3.06 bits per heavy atom. The summed E-state index contributed by atoms with van der Waals surface area (Å²) < 4.78 is 1.96. The van der Waals surface area contributed by atoms with Crippen molar-refractivity contribution in [3.63, 3.8) is 0 Å². The number of aryl methyl sites for hydroxylation is 1. The van der Waals surface area contributed by atoms with Crippen LogP contribution in [-0.2, 0) is 0 Å². The highest BCUT2D eigenvalue weighted by Crippen LogP contribution is 2.23. The topological polar surface area (TPSA) is 42.2 Å². The Bertz CT molecular complexity index is 705. The van der Waals surface area contributed by atoms with E-state index < -0.39 is 0 Å². The van der Waals surface area contributed by atoms with E-state index in [0.29, 0.717) is 5.02 Å². The van der Waals surface area contributed by atoms with Crippen LogP contribution < -0.4 is 5.32 Å². The minimum Gasteiger partial charge on any atom is -0.340 e. The van der Waals surface area contributed by atoms with Gasteiger partial charge in [-0.3, -0.25) is 9.38 Å². The largest absolute Gasteiger partial charge is 0.340 e. The lowest BCUT2D eigenvalue weighted by atomic mass is 10.3. The molecule has 0 unspecified atom stereocenters. The zero-order valence-electron chi connectivity index (χ0n) is 9.76. The van der Waals surface area contributed by atoms with Crippen molar-refractivity contribution in [1.29, 1.82) is 0 Å². The van der Waals surface area contributed by atoms with E-state index in [1.54, 1.807) is 12.4 Å². The highest BCUT2D eigenvalue weighted by molar-refractivity contribution is 6.30. The zero-order valence-corrected chi connectivity index (χ0v) is 10.5. The molecule has 18 heavy (non-hydrogen) atoms. The van der Waals surface area contributed by atoms with Crippen molar-refractivity contribution in [2.75, 3.05) is 5.32 Å². The van der Waals surface area contributed by atoms with E-state index in [4.69, 9.17) is 11.6 Å². The molecule has 0 amide bonds. The molecular weight excluding hydrogens is 248 g/mol. The van der Waals surface area contributed by atoms with Crippen LogP contribution in [0.1, 0.15) is 5.69 Å². The molecule has 0 aliphatic carbocycles. The summed E-state index contributed by atoms with van der Waals surface area (Å²) in [5.41, 5.74) is 2.67. The maximum absolute atomic E-state index is 5.97. The maximum atomic E-state index is 5.97. The first-order chi connectivity index (χ1) is 8.74. The molecule has 2 aromatic heterocycles. The van der Waals surface area contributed by atoms with E-state index in [0.717, 1.165) is 22.8 Å². The Labute approximate surface area is 109 Å². The molecule has 0 saturated heterocycles. The highest BCUT2D eigenvalue weighted by Gasteiger charge is 2.08. The second-order valence-corrected chi connectivity index (χ2v) is 4.42. The quantitative estimate of drug-likeness (QED) is 0.766. The summed E-state index contributed by atoms with van der Waals surface area (Å²) in [5.74, 6) is 0.926. The second-order valence-electron chi connectivity index (χ2n) is 3.99. The monoisotopic (exact) mass is 258 g/mol. The highest BCUT2D eigenvalue weighted by atomic mass is 35.5. The first kappa shape index (κ1) is 11.0. The average molecular weight is 259 g/mol. The molecule has 1 N–H and O–H groups in total. The van der Waals surface area contributed by atoms with Crippen LogP contribution in [-0.4, -0.2) is 14.4 Å². The number of anilines is 2. The minimum atomic E-state index is 0.702. The summed E-state index contributed by atoms with van der Waals surface area (Å²) in [7, 11) is 0. The number of hydrogen-bond acceptors (Lipinski definition) is 3. The molecule has 5 heteroatoms. The predicted molar refractivity (Wildman–Crippen MR) is 72.5 cm³/mol. The number of hydrogen-bond donors (Lipinski definition) is 1. The first-order valence-electron chi connectivity index (χ1n) is 5.55. The maximum Gasteiger partial charge on any atom is 0.157 e. The van der Waals surface area contributed by atoms with Gasteiger partial charge in [-0.05, 0) is 25.1 Å². The van der Waals surface area contributed by atoms with Crippen LogP contribution in [0.15, 0.2) is 42.9 Å². The Morgan fingerprint density at radius 1 is 1.33 bits per heavy atom. The van der Waals surface area contributed by atoms with E-state index >= 15 is 0 Å². The van der Waals surface area contributed by atoms with E-state index in [-0.39, 0.29) is 0 Å². The molecule has 0 atom stereocenters. The third kappa shape index (κ3) is 1.91. The van der Waals surface area contributed by atoms with Gasteiger partial charge in [-0.25, -0.2) is 4.98 Å². The van der Waals surface area contributed by atoms with Gasteiger partial charge in [0.05, 0.1) is 11.9 Å². The summed E-state index contributed by atoms with van der Waals surface area (Å²) >= 11 is 5.97. The smallest absolute Gasteiger partial charge is 0.157 e. The molecule has 3 aromatic rings. The van der Waals surface area contributed by atoms with Crippen LogP contribution in [0.25, 0.3) is 5.65 Å². The summed E-state index contributed by atoms with van der Waals surface area (Å²) in [6.07, 6.45) is 5.34. The third-order valence-corrected chi connectivity index (χ3v) is 2.93. The molecule has 4 nitrogen and oxygen atoms in total. The molecule has 0 aliphatic heterocycles. The van der Waals surface area contributed by atoms with Gasteiger partial charge < -0.3 is 5.32 Å². The van der Waals surface area contributed by atoms with Gasteiger partial charge in [0.2, 0.25) is 0 Å². The molecule has 0 saturated carbocycles. The van der Waals surface area contributed by atoms with Crippen LogP contribution in [0, 0.1) is 6.92 Å². The van der Waals surface area contributed by atoms with Gasteiger partial charge in [-0.15, -0.1) is 0 Å². The zero-order chi connectivity index (χ0) is 12.5. The molecule has 0 fully saturated rings. The van der Waals surface area contributed by atoms with Gasteiger partial charge in [-0.2, -0.15) is 0 Å².